The van der Waals surface area contributed by atoms with Crippen LogP contribution in [0.3, 0.4) is 0 Å². The van der Waals surface area contributed by atoms with E-state index in [-0.39, 0.29) is 46.6 Å². The average molecular weight is 655 g/mol. The molecule has 3 aromatic carbocycles. The Morgan fingerprint density at radius 3 is 1.40 bits per heavy atom. The molecule has 0 aromatic heterocycles. The Kier molecular flexibility index (Phi) is 15.5. The maximum absolute atomic E-state index is 11.8. The molecular formula is C31H47ClN4O9. The maximum atomic E-state index is 11.8. The molecule has 1 fully saturated rings. The molecule has 4 rings (SSSR count). The van der Waals surface area contributed by atoms with E-state index >= 15 is 0 Å². The molecule has 3 aromatic rings. The van der Waals surface area contributed by atoms with Gasteiger partial charge in [-0.1, -0.05) is 19.3 Å². The summed E-state index contributed by atoms with van der Waals surface area (Å²) < 4.78 is 14.8. The number of likely N-dealkylation sites (N-methyl/N-ethyl adjacent to an activating group) is 1. The lowest BCUT2D eigenvalue weighted by atomic mass is 9.84. The van der Waals surface area contributed by atoms with Gasteiger partial charge in [-0.15, -0.1) is 12.4 Å². The molecule has 0 amide bonds. The van der Waals surface area contributed by atoms with E-state index in [1.807, 2.05) is 11.9 Å². The van der Waals surface area contributed by atoms with Gasteiger partial charge in [-0.2, -0.15) is 0 Å². The molecule has 252 valence electrons. The summed E-state index contributed by atoms with van der Waals surface area (Å²) in [5.41, 5.74) is 4.79. The quantitative estimate of drug-likeness (QED) is 0.275. The fourth-order valence-electron chi connectivity index (χ4n) is 5.20. The van der Waals surface area contributed by atoms with Crippen LogP contribution in [-0.4, -0.2) is 67.6 Å². The summed E-state index contributed by atoms with van der Waals surface area (Å²) in [6.07, 6.45) is 6.18. The highest BCUT2D eigenvalue weighted by Crippen LogP contribution is 2.28. The Morgan fingerprint density at radius 1 is 0.600 bits per heavy atom. The maximum Gasteiger partial charge on any atom is 0.275 e. The molecule has 0 saturated heterocycles. The predicted octanol–water partition coefficient (Wildman–Crippen LogP) is 0.942. The van der Waals surface area contributed by atoms with Gasteiger partial charge in [-0.3, -0.25) is 28.8 Å². The Balaban J connectivity index is 0.000000353. The highest BCUT2D eigenvalue weighted by atomic mass is 35.5. The first-order valence-electron chi connectivity index (χ1n) is 14.9. The number of hydrogen-bond donors (Lipinski definition) is 1. The smallest absolute Gasteiger partial charge is 0.275 e. The molecule has 0 aliphatic heterocycles. The van der Waals surface area contributed by atoms with Gasteiger partial charge in [0.05, 0.1) is 19.8 Å². The summed E-state index contributed by atoms with van der Waals surface area (Å²) in [6.45, 7) is 7.04. The van der Waals surface area contributed by atoms with Gasteiger partial charge in [0.2, 0.25) is 11.5 Å². The molecule has 1 aliphatic carbocycles. The SMILES string of the molecule is CCOc1c(N(C)C)c(=O)c1=O.CCOc1c(OCC)c(=O)c1=O.CN(C)c1c(N(C)C[C@@H](N)C2CCCCC2)c(=O)c1=O.Cl. The van der Waals surface area contributed by atoms with Crippen LogP contribution in [-0.2, 0) is 0 Å². The fourth-order valence-corrected chi connectivity index (χ4v) is 5.20. The lowest BCUT2D eigenvalue weighted by molar-refractivity contribution is 0.274. The summed E-state index contributed by atoms with van der Waals surface area (Å²) in [4.78, 5) is 72.0. The van der Waals surface area contributed by atoms with Gasteiger partial charge in [-0.05, 0) is 39.5 Å². The minimum absolute atomic E-state index is 0. The third-order valence-corrected chi connectivity index (χ3v) is 7.41. The van der Waals surface area contributed by atoms with E-state index in [9.17, 15) is 28.8 Å². The Hall–Kier alpha value is -3.71. The van der Waals surface area contributed by atoms with Gasteiger partial charge < -0.3 is 34.6 Å². The fraction of sp³-hybridized carbons (Fsp3) is 0.613. The van der Waals surface area contributed by atoms with E-state index in [1.165, 1.54) is 32.1 Å². The van der Waals surface area contributed by atoms with Crippen molar-refractivity contribution in [2.75, 3.05) is 76.3 Å². The minimum atomic E-state index is -0.583. The van der Waals surface area contributed by atoms with E-state index in [4.69, 9.17) is 19.9 Å². The molecule has 0 unspecified atom stereocenters. The van der Waals surface area contributed by atoms with Crippen LogP contribution >= 0.6 is 12.4 Å². The van der Waals surface area contributed by atoms with Crippen LogP contribution in [0.5, 0.6) is 17.2 Å². The molecule has 14 heteroatoms. The monoisotopic (exact) mass is 654 g/mol. The summed E-state index contributed by atoms with van der Waals surface area (Å²) in [5, 5.41) is 0. The van der Waals surface area contributed by atoms with Crippen molar-refractivity contribution in [3.05, 3.63) is 61.3 Å². The normalized spacial score (nSPS) is 13.5. The van der Waals surface area contributed by atoms with E-state index in [2.05, 4.69) is 0 Å². The summed E-state index contributed by atoms with van der Waals surface area (Å²) >= 11 is 0. The predicted molar refractivity (Wildman–Crippen MR) is 181 cm³/mol. The molecule has 0 bridgehead atoms. The molecule has 0 spiro atoms. The van der Waals surface area contributed by atoms with Gasteiger partial charge >= 0.3 is 0 Å². The van der Waals surface area contributed by atoms with Crippen molar-refractivity contribution < 1.29 is 14.2 Å². The second-order valence-corrected chi connectivity index (χ2v) is 11.0. The zero-order chi connectivity index (χ0) is 33.3. The third-order valence-electron chi connectivity index (χ3n) is 7.41. The van der Waals surface area contributed by atoms with E-state index in [1.54, 1.807) is 58.8 Å². The van der Waals surface area contributed by atoms with E-state index in [0.29, 0.717) is 49.3 Å². The van der Waals surface area contributed by atoms with Crippen LogP contribution < -0.4 is 67.2 Å². The number of nitrogens with two attached hydrogens (primary N) is 1. The van der Waals surface area contributed by atoms with Gasteiger partial charge in [0.1, 0.15) is 17.1 Å². The molecule has 45 heavy (non-hydrogen) atoms. The molecule has 1 saturated carbocycles. The highest BCUT2D eigenvalue weighted by molar-refractivity contribution is 5.85. The first-order chi connectivity index (χ1) is 20.7. The lowest BCUT2D eigenvalue weighted by Gasteiger charge is -2.33. The zero-order valence-electron chi connectivity index (χ0n) is 27.5. The molecule has 13 nitrogen and oxygen atoms in total. The van der Waals surface area contributed by atoms with E-state index in [0.717, 1.165) is 0 Å². The Labute approximate surface area is 269 Å². The zero-order valence-corrected chi connectivity index (χ0v) is 28.3. The summed E-state index contributed by atoms with van der Waals surface area (Å²) in [7, 11) is 8.84. The molecule has 0 heterocycles. The number of rotatable bonds is 12. The third kappa shape index (κ3) is 8.94. The second kappa shape index (κ2) is 17.7. The highest BCUT2D eigenvalue weighted by Gasteiger charge is 2.29. The van der Waals surface area contributed by atoms with Crippen molar-refractivity contribution in [2.24, 2.45) is 11.7 Å². The van der Waals surface area contributed by atoms with Crippen molar-refractivity contribution in [1.82, 2.24) is 0 Å². The Bertz CT molecular complexity index is 1550. The molecule has 1 aliphatic rings. The van der Waals surface area contributed by atoms with Crippen molar-refractivity contribution in [2.45, 2.75) is 58.9 Å². The van der Waals surface area contributed by atoms with Crippen LogP contribution in [0, 0.1) is 5.92 Å². The number of halogens is 1. The van der Waals surface area contributed by atoms with Gasteiger partial charge in [0, 0.05) is 47.8 Å². The summed E-state index contributed by atoms with van der Waals surface area (Å²) in [6, 6.07) is 0.0692. The number of nitrogens with zero attached hydrogens (tertiary/aromatic N) is 3. The van der Waals surface area contributed by atoms with E-state index < -0.39 is 21.7 Å². The van der Waals surface area contributed by atoms with Gasteiger partial charge in [0.25, 0.3) is 32.6 Å². The standard InChI is InChI=1S/C15H25N3O2.C8H11NO3.C8H10O4.ClH/c1-17(2)12-13(15(20)14(12)19)18(3)9-11(16)10-7-5-4-6-8-10;1-4-12-8-5(9(2)3)6(10)7(8)11;1-3-11-7-5(9)6(10)8(7)12-4-2;/h10-11H,4-9,16H2,1-3H3;4H2,1-3H3;3-4H2,1-2H3;1H/t11-;;;/m1.../s1. The largest absolute Gasteiger partial charge is 0.488 e. The van der Waals surface area contributed by atoms with Crippen LogP contribution in [0.2, 0.25) is 0 Å². The van der Waals surface area contributed by atoms with Crippen LogP contribution in [0.1, 0.15) is 52.9 Å². The lowest BCUT2D eigenvalue weighted by Crippen LogP contribution is -2.48. The van der Waals surface area contributed by atoms with Crippen molar-refractivity contribution in [3.8, 4) is 17.2 Å². The van der Waals surface area contributed by atoms with Crippen LogP contribution in [0.4, 0.5) is 17.1 Å². The van der Waals surface area contributed by atoms with Crippen LogP contribution in [0.15, 0.2) is 28.8 Å². The average Bonchev–Trinajstić information content (AvgIpc) is 3.00. The summed E-state index contributed by atoms with van der Waals surface area (Å²) in [5.74, 6) is 0.890. The number of ether oxygens (including phenoxy) is 3. The molecule has 0 radical (unpaired) electrons. The van der Waals surface area contributed by atoms with Gasteiger partial charge in [0.15, 0.2) is 5.75 Å². The Morgan fingerprint density at radius 2 is 0.978 bits per heavy atom. The minimum Gasteiger partial charge on any atom is -0.488 e. The second-order valence-electron chi connectivity index (χ2n) is 11.0. The van der Waals surface area contributed by atoms with Gasteiger partial charge in [-0.25, -0.2) is 0 Å². The molecular weight excluding hydrogens is 608 g/mol. The molecule has 1 atom stereocenters. The first kappa shape index (κ1) is 39.3. The van der Waals surface area contributed by atoms with Crippen molar-refractivity contribution >= 4 is 29.5 Å². The van der Waals surface area contributed by atoms with Crippen molar-refractivity contribution in [3.63, 3.8) is 0 Å². The van der Waals surface area contributed by atoms with Crippen LogP contribution in [0.25, 0.3) is 0 Å². The number of hydrogen-bond acceptors (Lipinski definition) is 13. The first-order valence-corrected chi connectivity index (χ1v) is 14.9. The van der Waals surface area contributed by atoms with Crippen molar-refractivity contribution in [1.29, 1.82) is 0 Å². The topological polar surface area (TPSA) is 166 Å². The molecule has 2 N–H and O–H groups in total. The number of anilines is 3.